The molecule has 1 saturated heterocycles. The first-order chi connectivity index (χ1) is 21.5. The van der Waals surface area contributed by atoms with E-state index in [-0.39, 0.29) is 36.4 Å². The quantitative estimate of drug-likeness (QED) is 0.251. The van der Waals surface area contributed by atoms with Gasteiger partial charge in [0.15, 0.2) is 23.2 Å². The van der Waals surface area contributed by atoms with Gasteiger partial charge in [-0.1, -0.05) is 19.3 Å². The summed E-state index contributed by atoms with van der Waals surface area (Å²) in [5.41, 5.74) is -1.80. The van der Waals surface area contributed by atoms with Gasteiger partial charge in [0, 0.05) is 12.1 Å². The zero-order valence-electron chi connectivity index (χ0n) is 23.9. The zero-order valence-corrected chi connectivity index (χ0v) is 23.9. The Bertz CT molecular complexity index is 1640. The lowest BCUT2D eigenvalue weighted by molar-refractivity contribution is -0.133. The van der Waals surface area contributed by atoms with Crippen molar-refractivity contribution in [3.8, 4) is 0 Å². The Labute approximate surface area is 255 Å². The van der Waals surface area contributed by atoms with Gasteiger partial charge in [0.05, 0.1) is 29.5 Å². The van der Waals surface area contributed by atoms with Crippen molar-refractivity contribution in [2.75, 3.05) is 23.3 Å². The maximum Gasteiger partial charge on any atom is 0.258 e. The first-order valence-corrected chi connectivity index (χ1v) is 14.4. The van der Waals surface area contributed by atoms with Crippen LogP contribution in [0, 0.1) is 29.1 Å². The van der Waals surface area contributed by atoms with Crippen molar-refractivity contribution < 1.29 is 41.1 Å². The summed E-state index contributed by atoms with van der Waals surface area (Å²) < 4.78 is 68.7. The number of carbonyl (C=O) groups excluding carboxylic acids is 4. The van der Waals surface area contributed by atoms with Crippen LogP contribution in [0.2, 0.25) is 0 Å². The van der Waals surface area contributed by atoms with Crippen molar-refractivity contribution >= 4 is 34.9 Å². The minimum atomic E-state index is -1.83. The highest BCUT2D eigenvalue weighted by molar-refractivity contribution is 6.06. The molecule has 2 fully saturated rings. The first-order valence-electron chi connectivity index (χ1n) is 14.4. The molecule has 13 heteroatoms. The smallest absolute Gasteiger partial charge is 0.258 e. The van der Waals surface area contributed by atoms with Gasteiger partial charge < -0.3 is 20.9 Å². The lowest BCUT2D eigenvalue weighted by Gasteiger charge is -2.39. The van der Waals surface area contributed by atoms with Crippen LogP contribution in [0.1, 0.15) is 59.2 Å². The summed E-state index contributed by atoms with van der Waals surface area (Å²) in [7, 11) is 0. The second-order valence-electron chi connectivity index (χ2n) is 11.1. The topological polar surface area (TPSA) is 108 Å². The molecule has 45 heavy (non-hydrogen) atoms. The highest BCUT2D eigenvalue weighted by atomic mass is 19.2. The van der Waals surface area contributed by atoms with Gasteiger partial charge in [-0.15, -0.1) is 0 Å². The van der Waals surface area contributed by atoms with Gasteiger partial charge >= 0.3 is 0 Å². The molecule has 3 aromatic rings. The maximum absolute atomic E-state index is 14.2. The average Bonchev–Trinajstić information content (AvgIpc) is 3.01. The summed E-state index contributed by atoms with van der Waals surface area (Å²) in [5, 5.41) is 7.90. The molecule has 0 spiro atoms. The van der Waals surface area contributed by atoms with Gasteiger partial charge in [-0.25, -0.2) is 22.0 Å². The Morgan fingerprint density at radius 3 is 2.18 bits per heavy atom. The van der Waals surface area contributed by atoms with Crippen molar-refractivity contribution in [3.05, 3.63) is 94.8 Å². The van der Waals surface area contributed by atoms with Crippen LogP contribution in [-0.4, -0.2) is 48.2 Å². The van der Waals surface area contributed by atoms with E-state index in [0.29, 0.717) is 31.7 Å². The Balaban J connectivity index is 1.28. The fraction of sp³-hybridized carbons (Fsp3) is 0.312. The van der Waals surface area contributed by atoms with E-state index in [1.165, 1.54) is 23.1 Å². The van der Waals surface area contributed by atoms with Gasteiger partial charge in [0.2, 0.25) is 5.91 Å². The number of anilines is 2. The number of nitrogens with zero attached hydrogens (tertiary/aromatic N) is 1. The van der Waals surface area contributed by atoms with Crippen molar-refractivity contribution in [2.45, 2.75) is 50.1 Å². The number of hydrogen-bond acceptors (Lipinski definition) is 5. The van der Waals surface area contributed by atoms with Crippen LogP contribution < -0.4 is 20.9 Å². The molecule has 8 nitrogen and oxygen atoms in total. The van der Waals surface area contributed by atoms with E-state index >= 15 is 0 Å². The molecule has 1 aliphatic heterocycles. The molecule has 1 unspecified atom stereocenters. The Kier molecular flexibility index (Phi) is 9.16. The molecular formula is C32H29F5N4O4. The number of carbonyl (C=O) groups is 4. The summed E-state index contributed by atoms with van der Waals surface area (Å²) in [6, 6.07) is 8.72. The largest absolute Gasteiger partial charge is 0.362 e. The van der Waals surface area contributed by atoms with E-state index in [0.717, 1.165) is 36.8 Å². The second kappa shape index (κ2) is 13.0. The summed E-state index contributed by atoms with van der Waals surface area (Å²) in [6.45, 7) is -0.0619. The van der Waals surface area contributed by atoms with Crippen molar-refractivity contribution in [2.24, 2.45) is 0 Å². The lowest BCUT2D eigenvalue weighted by atomic mass is 9.80. The maximum atomic E-state index is 14.2. The average molecular weight is 629 g/mol. The highest BCUT2D eigenvalue weighted by Crippen LogP contribution is 2.32. The van der Waals surface area contributed by atoms with Crippen LogP contribution >= 0.6 is 0 Å². The van der Waals surface area contributed by atoms with Crippen molar-refractivity contribution in [3.63, 3.8) is 0 Å². The van der Waals surface area contributed by atoms with E-state index in [1.54, 1.807) is 0 Å². The SMILES string of the molecule is O=C(NC1(C(=O)NC2CCN(c3ccc(F)cc3NC(=O)c3ccc(F)c(F)c3F)CC2=O)CCCCC1)c1ccc(F)cc1. The summed E-state index contributed by atoms with van der Waals surface area (Å²) in [6.07, 6.45) is 3.08. The molecule has 2 aliphatic rings. The number of rotatable bonds is 7. The molecule has 1 saturated carbocycles. The number of nitrogens with one attached hydrogen (secondary N) is 3. The van der Waals surface area contributed by atoms with Gasteiger partial charge in [-0.05, 0) is 73.9 Å². The standard InChI is InChI=1S/C32H29F5N4O4/c33-19-6-4-18(5-7-19)29(43)40-32(13-2-1-3-14-32)31(45)39-23-12-15-41(17-26(23)42)25-11-8-20(34)16-24(25)38-30(44)21-9-10-22(35)28(37)27(21)36/h4-11,16,23H,1-3,12-15,17H2,(H,38,44)(H,39,45)(H,40,43). The van der Waals surface area contributed by atoms with E-state index in [4.69, 9.17) is 0 Å². The Morgan fingerprint density at radius 1 is 0.800 bits per heavy atom. The van der Waals surface area contributed by atoms with E-state index in [9.17, 15) is 41.1 Å². The second-order valence-corrected chi connectivity index (χ2v) is 11.1. The molecule has 0 aromatic heterocycles. The number of piperidine rings is 1. The molecule has 1 aliphatic carbocycles. The summed E-state index contributed by atoms with van der Waals surface area (Å²) >= 11 is 0. The predicted octanol–water partition coefficient (Wildman–Crippen LogP) is 5.03. The third kappa shape index (κ3) is 6.81. The van der Waals surface area contributed by atoms with Gasteiger partial charge in [0.1, 0.15) is 17.2 Å². The highest BCUT2D eigenvalue weighted by Gasteiger charge is 2.43. The van der Waals surface area contributed by atoms with Gasteiger partial charge in [-0.3, -0.25) is 19.2 Å². The third-order valence-electron chi connectivity index (χ3n) is 8.16. The monoisotopic (exact) mass is 628 g/mol. The van der Waals surface area contributed by atoms with Crippen molar-refractivity contribution in [1.82, 2.24) is 10.6 Å². The number of amides is 3. The molecule has 3 amide bonds. The molecule has 5 rings (SSSR count). The Morgan fingerprint density at radius 2 is 1.49 bits per heavy atom. The van der Waals surface area contributed by atoms with Gasteiger partial charge in [0.25, 0.3) is 11.8 Å². The van der Waals surface area contributed by atoms with E-state index in [1.807, 2.05) is 0 Å². The molecule has 3 aromatic carbocycles. The normalized spacial score (nSPS) is 17.8. The molecule has 236 valence electrons. The number of hydrogen-bond donors (Lipinski definition) is 3. The van der Waals surface area contributed by atoms with E-state index in [2.05, 4.69) is 16.0 Å². The molecule has 3 N–H and O–H groups in total. The number of Topliss-reactive ketones (excluding diaryl/α,β-unsaturated/α-hetero) is 1. The van der Waals surface area contributed by atoms with Gasteiger partial charge in [-0.2, -0.15) is 0 Å². The number of ketones is 1. The fourth-order valence-electron chi connectivity index (χ4n) is 5.71. The minimum Gasteiger partial charge on any atom is -0.362 e. The molecule has 1 heterocycles. The third-order valence-corrected chi connectivity index (χ3v) is 8.16. The minimum absolute atomic E-state index is 0.134. The van der Waals surface area contributed by atoms with Crippen LogP contribution in [0.15, 0.2) is 54.6 Å². The lowest BCUT2D eigenvalue weighted by Crippen LogP contribution is -2.63. The van der Waals surface area contributed by atoms with Crippen LogP contribution in [0.25, 0.3) is 0 Å². The van der Waals surface area contributed by atoms with E-state index < -0.39 is 69.7 Å². The van der Waals surface area contributed by atoms with Crippen LogP contribution in [-0.2, 0) is 9.59 Å². The number of benzene rings is 3. The fourth-order valence-corrected chi connectivity index (χ4v) is 5.71. The molecule has 0 radical (unpaired) electrons. The summed E-state index contributed by atoms with van der Waals surface area (Å²) in [5.74, 6) is -8.87. The number of halogens is 5. The summed E-state index contributed by atoms with van der Waals surface area (Å²) in [4.78, 5) is 54.1. The van der Waals surface area contributed by atoms with Crippen LogP contribution in [0.3, 0.4) is 0 Å². The van der Waals surface area contributed by atoms with Crippen molar-refractivity contribution in [1.29, 1.82) is 0 Å². The zero-order chi connectivity index (χ0) is 32.3. The molecular weight excluding hydrogens is 599 g/mol. The molecule has 1 atom stereocenters. The van der Waals surface area contributed by atoms with Crippen LogP contribution in [0.4, 0.5) is 33.3 Å². The van der Waals surface area contributed by atoms with Crippen LogP contribution in [0.5, 0.6) is 0 Å². The Hall–Kier alpha value is -4.81. The first kappa shape index (κ1) is 31.6. The molecule has 0 bridgehead atoms. The predicted molar refractivity (Wildman–Crippen MR) is 154 cm³/mol.